The first-order chi connectivity index (χ1) is 12.2. The van der Waals surface area contributed by atoms with Crippen molar-refractivity contribution in [1.29, 1.82) is 0 Å². The summed E-state index contributed by atoms with van der Waals surface area (Å²) in [7, 11) is 0. The molecule has 0 N–H and O–H groups in total. The Bertz CT molecular complexity index is 559. The third kappa shape index (κ3) is 4.82. The van der Waals surface area contributed by atoms with E-state index in [1.54, 1.807) is 11.3 Å². The van der Waals surface area contributed by atoms with Gasteiger partial charge in [0, 0.05) is 51.1 Å². The summed E-state index contributed by atoms with van der Waals surface area (Å²) < 4.78 is 0. The molecule has 0 radical (unpaired) electrons. The first-order valence-electron chi connectivity index (χ1n) is 9.49. The number of nitrogens with zero attached hydrogens (tertiary/aromatic N) is 3. The van der Waals surface area contributed by atoms with E-state index in [0.717, 1.165) is 70.6 Å². The maximum Gasteiger partial charge on any atom is 0.254 e. The van der Waals surface area contributed by atoms with Gasteiger partial charge in [-0.05, 0) is 43.2 Å². The fraction of sp³-hybridized carbons (Fsp3) is 0.684. The molecule has 2 saturated heterocycles. The highest BCUT2D eigenvalue weighted by molar-refractivity contribution is 7.08. The molecular weight excluding hydrogens is 334 g/mol. The molecule has 5 nitrogen and oxygen atoms in total. The number of carbonyl (C=O) groups is 2. The zero-order valence-corrected chi connectivity index (χ0v) is 16.0. The predicted octanol–water partition coefficient (Wildman–Crippen LogP) is 2.54. The third-order valence-corrected chi connectivity index (χ3v) is 6.29. The van der Waals surface area contributed by atoms with E-state index in [1.807, 2.05) is 26.6 Å². The summed E-state index contributed by atoms with van der Waals surface area (Å²) in [5, 5.41) is 3.87. The van der Waals surface area contributed by atoms with Gasteiger partial charge in [0.15, 0.2) is 0 Å². The van der Waals surface area contributed by atoms with E-state index >= 15 is 0 Å². The number of thiophene rings is 1. The second-order valence-electron chi connectivity index (χ2n) is 7.10. The largest absolute Gasteiger partial charge is 0.340 e. The summed E-state index contributed by atoms with van der Waals surface area (Å²) in [6, 6.07) is 1.90. The van der Waals surface area contributed by atoms with E-state index in [0.29, 0.717) is 18.2 Å². The van der Waals surface area contributed by atoms with Crippen LogP contribution < -0.4 is 0 Å². The highest BCUT2D eigenvalue weighted by Gasteiger charge is 2.25. The molecule has 0 bridgehead atoms. The smallest absolute Gasteiger partial charge is 0.254 e. The van der Waals surface area contributed by atoms with Crippen LogP contribution in [-0.2, 0) is 4.79 Å². The molecule has 2 fully saturated rings. The van der Waals surface area contributed by atoms with Gasteiger partial charge in [-0.3, -0.25) is 9.59 Å². The second kappa shape index (κ2) is 8.81. The van der Waals surface area contributed by atoms with Crippen molar-refractivity contribution in [2.75, 3.05) is 45.8 Å². The van der Waals surface area contributed by atoms with Gasteiger partial charge in [-0.25, -0.2) is 0 Å². The molecular formula is C19H29N3O2S. The van der Waals surface area contributed by atoms with E-state index < -0.39 is 0 Å². The van der Waals surface area contributed by atoms with Gasteiger partial charge in [0.05, 0.1) is 5.56 Å². The van der Waals surface area contributed by atoms with E-state index in [-0.39, 0.29) is 5.91 Å². The zero-order valence-electron chi connectivity index (χ0n) is 15.2. The Balaban J connectivity index is 1.36. The first kappa shape index (κ1) is 18.4. The topological polar surface area (TPSA) is 43.9 Å². The van der Waals surface area contributed by atoms with Crippen molar-refractivity contribution in [2.45, 2.75) is 32.6 Å². The van der Waals surface area contributed by atoms with Crippen LogP contribution >= 0.6 is 11.3 Å². The number of hydrogen-bond donors (Lipinski definition) is 0. The SMILES string of the molecule is CCN1CCN(C(=O)CCC2CCN(C(=O)c3ccsc3)CC2)CC1. The van der Waals surface area contributed by atoms with Gasteiger partial charge in [0.1, 0.15) is 0 Å². The molecule has 0 atom stereocenters. The zero-order chi connectivity index (χ0) is 17.6. The maximum atomic E-state index is 12.4. The number of amides is 2. The lowest BCUT2D eigenvalue weighted by Gasteiger charge is -2.35. The van der Waals surface area contributed by atoms with Gasteiger partial charge in [0.2, 0.25) is 5.91 Å². The average Bonchev–Trinajstić information content (AvgIpc) is 3.21. The first-order valence-corrected chi connectivity index (χ1v) is 10.4. The lowest BCUT2D eigenvalue weighted by molar-refractivity contribution is -0.133. The molecule has 25 heavy (non-hydrogen) atoms. The van der Waals surface area contributed by atoms with Crippen LogP contribution in [0.25, 0.3) is 0 Å². The van der Waals surface area contributed by atoms with E-state index in [4.69, 9.17) is 0 Å². The molecule has 0 saturated carbocycles. The Morgan fingerprint density at radius 1 is 1.08 bits per heavy atom. The van der Waals surface area contributed by atoms with Crippen molar-refractivity contribution in [2.24, 2.45) is 5.92 Å². The fourth-order valence-corrected chi connectivity index (χ4v) is 4.42. The summed E-state index contributed by atoms with van der Waals surface area (Å²) in [6.45, 7) is 8.65. The average molecular weight is 364 g/mol. The summed E-state index contributed by atoms with van der Waals surface area (Å²) in [5.74, 6) is 1.05. The van der Waals surface area contributed by atoms with Crippen molar-refractivity contribution in [3.8, 4) is 0 Å². The molecule has 0 unspecified atom stereocenters. The number of piperidine rings is 1. The molecule has 3 rings (SSSR count). The van der Waals surface area contributed by atoms with Crippen LogP contribution in [0.5, 0.6) is 0 Å². The highest BCUT2D eigenvalue weighted by Crippen LogP contribution is 2.24. The van der Waals surface area contributed by atoms with Crippen LogP contribution in [0.4, 0.5) is 0 Å². The van der Waals surface area contributed by atoms with Crippen molar-refractivity contribution < 1.29 is 9.59 Å². The monoisotopic (exact) mass is 363 g/mol. The van der Waals surface area contributed by atoms with Crippen molar-refractivity contribution >= 4 is 23.2 Å². The molecule has 2 aliphatic heterocycles. The van der Waals surface area contributed by atoms with Crippen LogP contribution in [0, 0.1) is 5.92 Å². The summed E-state index contributed by atoms with van der Waals surface area (Å²) >= 11 is 1.57. The molecule has 1 aromatic rings. The Hall–Kier alpha value is -1.40. The Kier molecular flexibility index (Phi) is 6.48. The third-order valence-electron chi connectivity index (χ3n) is 5.61. The van der Waals surface area contributed by atoms with Crippen LogP contribution in [0.15, 0.2) is 16.8 Å². The lowest BCUT2D eigenvalue weighted by atomic mass is 9.91. The van der Waals surface area contributed by atoms with Crippen LogP contribution in [-0.4, -0.2) is 72.3 Å². The number of rotatable bonds is 5. The number of likely N-dealkylation sites (tertiary alicyclic amines) is 1. The molecule has 3 heterocycles. The Labute approximate surface area is 154 Å². The molecule has 6 heteroatoms. The van der Waals surface area contributed by atoms with E-state index in [2.05, 4.69) is 11.8 Å². The van der Waals surface area contributed by atoms with Crippen molar-refractivity contribution in [1.82, 2.24) is 14.7 Å². The molecule has 138 valence electrons. The molecule has 0 aliphatic carbocycles. The van der Waals surface area contributed by atoms with E-state index in [1.165, 1.54) is 0 Å². The minimum absolute atomic E-state index is 0.157. The van der Waals surface area contributed by atoms with Gasteiger partial charge in [-0.1, -0.05) is 6.92 Å². The number of carbonyl (C=O) groups excluding carboxylic acids is 2. The summed E-state index contributed by atoms with van der Waals surface area (Å²) in [6.07, 6.45) is 3.67. The number of hydrogen-bond acceptors (Lipinski definition) is 4. The summed E-state index contributed by atoms with van der Waals surface area (Å²) in [4.78, 5) is 31.2. The standard InChI is InChI=1S/C19H29N3O2S/c1-2-20-10-12-21(13-11-20)18(23)4-3-16-5-8-22(9-6-16)19(24)17-7-14-25-15-17/h7,14-16H,2-6,8-13H2,1H3. The van der Waals surface area contributed by atoms with Crippen molar-refractivity contribution in [3.63, 3.8) is 0 Å². The van der Waals surface area contributed by atoms with Crippen LogP contribution in [0.3, 0.4) is 0 Å². The quantitative estimate of drug-likeness (QED) is 0.807. The van der Waals surface area contributed by atoms with Gasteiger partial charge in [-0.15, -0.1) is 0 Å². The second-order valence-corrected chi connectivity index (χ2v) is 7.88. The van der Waals surface area contributed by atoms with Gasteiger partial charge >= 0.3 is 0 Å². The summed E-state index contributed by atoms with van der Waals surface area (Å²) in [5.41, 5.74) is 0.810. The minimum Gasteiger partial charge on any atom is -0.340 e. The normalized spacial score (nSPS) is 20.0. The highest BCUT2D eigenvalue weighted by atomic mass is 32.1. The predicted molar refractivity (Wildman–Crippen MR) is 101 cm³/mol. The fourth-order valence-electron chi connectivity index (χ4n) is 3.79. The molecule has 2 aliphatic rings. The molecule has 1 aromatic heterocycles. The number of likely N-dealkylation sites (N-methyl/N-ethyl adjacent to an activating group) is 1. The van der Waals surface area contributed by atoms with Crippen LogP contribution in [0.2, 0.25) is 0 Å². The Morgan fingerprint density at radius 3 is 2.40 bits per heavy atom. The minimum atomic E-state index is 0.157. The molecule has 0 spiro atoms. The van der Waals surface area contributed by atoms with E-state index in [9.17, 15) is 9.59 Å². The van der Waals surface area contributed by atoms with Gasteiger partial charge < -0.3 is 14.7 Å². The van der Waals surface area contributed by atoms with Crippen LogP contribution in [0.1, 0.15) is 43.0 Å². The Morgan fingerprint density at radius 2 is 1.80 bits per heavy atom. The lowest BCUT2D eigenvalue weighted by Crippen LogP contribution is -2.48. The molecule has 2 amide bonds. The maximum absolute atomic E-state index is 12.4. The van der Waals surface area contributed by atoms with Crippen molar-refractivity contribution in [3.05, 3.63) is 22.4 Å². The van der Waals surface area contributed by atoms with Gasteiger partial charge in [-0.2, -0.15) is 11.3 Å². The van der Waals surface area contributed by atoms with Gasteiger partial charge in [0.25, 0.3) is 5.91 Å². The molecule has 0 aromatic carbocycles. The number of piperazine rings is 1.